The number of alkyl halides is 5. The minimum absolute atomic E-state index is 0.190. The minimum Gasteiger partial charge on any atom is -0.192 e. The fourth-order valence-corrected chi connectivity index (χ4v) is 1.61. The topological polar surface area (TPSA) is 23.8 Å². The Balaban J connectivity index is 5.30. The number of nitriles is 1. The Morgan fingerprint density at radius 1 is 1.25 bits per heavy atom. The van der Waals surface area contributed by atoms with Crippen LogP contribution in [0, 0.1) is 11.3 Å². The van der Waals surface area contributed by atoms with Crippen LogP contribution in [-0.4, -0.2) is 12.1 Å². The van der Waals surface area contributed by atoms with Crippen LogP contribution < -0.4 is 0 Å². The second-order valence-corrected chi connectivity index (χ2v) is 4.16. The highest BCUT2D eigenvalue weighted by Crippen LogP contribution is 2.44. The first-order valence-electron chi connectivity index (χ1n) is 4.42. The lowest BCUT2D eigenvalue weighted by molar-refractivity contribution is -0.265. The van der Waals surface area contributed by atoms with Crippen molar-refractivity contribution in [3.8, 4) is 6.07 Å². The molecule has 0 spiro atoms. The van der Waals surface area contributed by atoms with Crippen LogP contribution in [0.25, 0.3) is 0 Å². The summed E-state index contributed by atoms with van der Waals surface area (Å²) in [6, 6.07) is 1.34. The van der Waals surface area contributed by atoms with Gasteiger partial charge in [-0.2, -0.15) is 27.2 Å². The van der Waals surface area contributed by atoms with Gasteiger partial charge in [-0.25, -0.2) is 0 Å². The van der Waals surface area contributed by atoms with Gasteiger partial charge in [-0.3, -0.25) is 0 Å². The molecule has 1 nitrogen and oxygen atoms in total. The van der Waals surface area contributed by atoms with Gasteiger partial charge in [0.15, 0.2) is 0 Å². The summed E-state index contributed by atoms with van der Waals surface area (Å²) >= 11 is 1.21. The van der Waals surface area contributed by atoms with Gasteiger partial charge in [0.05, 0.1) is 3.58 Å². The van der Waals surface area contributed by atoms with Gasteiger partial charge in [-0.15, -0.1) is 0 Å². The van der Waals surface area contributed by atoms with Crippen molar-refractivity contribution in [3.63, 3.8) is 0 Å². The third kappa shape index (κ3) is 3.57. The molecule has 0 fully saturated rings. The Kier molecular flexibility index (Phi) is 5.65. The van der Waals surface area contributed by atoms with Crippen molar-refractivity contribution in [2.24, 2.45) is 0 Å². The molecule has 0 unspecified atom stereocenters. The third-order valence-electron chi connectivity index (χ3n) is 1.88. The van der Waals surface area contributed by atoms with Gasteiger partial charge in [0, 0.05) is 5.57 Å². The number of nitrogens with zero attached hydrogens (tertiary/aromatic N) is 1. The normalized spacial score (nSPS) is 14.4. The lowest BCUT2D eigenvalue weighted by Crippen LogP contribution is -2.38. The molecule has 0 aromatic carbocycles. The predicted molar refractivity (Wildman–Crippen MR) is 57.2 cm³/mol. The molecule has 16 heavy (non-hydrogen) atoms. The molecular formula is C9H9F5IN. The molecule has 0 aliphatic carbocycles. The van der Waals surface area contributed by atoms with E-state index in [0.29, 0.717) is 6.42 Å². The number of allylic oxidation sites excluding steroid dienone is 2. The van der Waals surface area contributed by atoms with Crippen LogP contribution in [0.3, 0.4) is 0 Å². The molecule has 92 valence electrons. The van der Waals surface area contributed by atoms with Gasteiger partial charge in [0.25, 0.3) is 0 Å². The van der Waals surface area contributed by atoms with E-state index in [1.165, 1.54) is 28.7 Å². The van der Waals surface area contributed by atoms with Crippen molar-refractivity contribution in [1.29, 1.82) is 5.26 Å². The lowest BCUT2D eigenvalue weighted by Gasteiger charge is -2.22. The third-order valence-corrected chi connectivity index (χ3v) is 2.77. The molecule has 0 bridgehead atoms. The molecule has 0 heterocycles. The minimum atomic E-state index is -5.65. The average molecular weight is 353 g/mol. The first-order chi connectivity index (χ1) is 7.18. The smallest absolute Gasteiger partial charge is 0.192 e. The summed E-state index contributed by atoms with van der Waals surface area (Å²) < 4.78 is 61.8. The van der Waals surface area contributed by atoms with Crippen molar-refractivity contribution in [3.05, 3.63) is 9.15 Å². The molecule has 0 rings (SSSR count). The molecule has 0 radical (unpaired) electrons. The van der Waals surface area contributed by atoms with E-state index in [1.54, 1.807) is 6.92 Å². The second kappa shape index (κ2) is 5.80. The maximum Gasteiger partial charge on any atom is 0.457 e. The predicted octanol–water partition coefficient (Wildman–Crippen LogP) is 4.59. The number of hydrogen-bond donors (Lipinski definition) is 0. The van der Waals surface area contributed by atoms with Crippen molar-refractivity contribution in [2.75, 3.05) is 0 Å². The van der Waals surface area contributed by atoms with Gasteiger partial charge >= 0.3 is 12.1 Å². The monoisotopic (exact) mass is 353 g/mol. The zero-order valence-corrected chi connectivity index (χ0v) is 10.5. The van der Waals surface area contributed by atoms with Crippen LogP contribution >= 0.6 is 22.6 Å². The van der Waals surface area contributed by atoms with E-state index in [1.807, 2.05) is 0 Å². The van der Waals surface area contributed by atoms with E-state index >= 15 is 0 Å². The van der Waals surface area contributed by atoms with E-state index < -0.39 is 27.7 Å². The summed E-state index contributed by atoms with van der Waals surface area (Å²) in [4.78, 5) is 0. The van der Waals surface area contributed by atoms with E-state index in [4.69, 9.17) is 5.26 Å². The Hall–Kier alpha value is -0.390. The first kappa shape index (κ1) is 15.6. The van der Waals surface area contributed by atoms with Crippen LogP contribution in [0.15, 0.2) is 9.15 Å². The van der Waals surface area contributed by atoms with Gasteiger partial charge < -0.3 is 0 Å². The number of unbranched alkanes of at least 4 members (excludes halogenated alkanes) is 1. The fourth-order valence-electron chi connectivity index (χ4n) is 0.997. The maximum absolute atomic E-state index is 13.0. The summed E-state index contributed by atoms with van der Waals surface area (Å²) in [7, 11) is 0. The molecule has 0 N–H and O–H groups in total. The number of halogens is 6. The number of hydrogen-bond acceptors (Lipinski definition) is 1. The molecule has 0 saturated carbocycles. The SMILES string of the molecule is CCCC/C(=C(\I)C#N)C(F)(F)C(F)(F)F. The van der Waals surface area contributed by atoms with Gasteiger partial charge in [-0.1, -0.05) is 13.3 Å². The van der Waals surface area contributed by atoms with Gasteiger partial charge in [0.1, 0.15) is 6.07 Å². The highest BCUT2D eigenvalue weighted by Gasteiger charge is 2.60. The lowest BCUT2D eigenvalue weighted by atomic mass is 10.0. The molecule has 0 atom stereocenters. The van der Waals surface area contributed by atoms with Crippen molar-refractivity contribution < 1.29 is 22.0 Å². The van der Waals surface area contributed by atoms with E-state index in [9.17, 15) is 22.0 Å². The Bertz CT molecular complexity index is 313. The van der Waals surface area contributed by atoms with Crippen LogP contribution in [0.5, 0.6) is 0 Å². The molecule has 0 aliphatic rings. The summed E-state index contributed by atoms with van der Waals surface area (Å²) in [6.07, 6.45) is -5.40. The van der Waals surface area contributed by atoms with Gasteiger partial charge in [-0.05, 0) is 35.4 Å². The Labute approximate surface area is 103 Å². The quantitative estimate of drug-likeness (QED) is 0.412. The van der Waals surface area contributed by atoms with E-state index in [0.717, 1.165) is 0 Å². The van der Waals surface area contributed by atoms with Gasteiger partial charge in [0.2, 0.25) is 0 Å². The fraction of sp³-hybridized carbons (Fsp3) is 0.667. The average Bonchev–Trinajstić information content (AvgIpc) is 2.15. The Morgan fingerprint density at radius 3 is 2.06 bits per heavy atom. The van der Waals surface area contributed by atoms with Crippen LogP contribution in [0.1, 0.15) is 26.2 Å². The molecule has 0 aromatic heterocycles. The molecule has 0 saturated heterocycles. The summed E-state index contributed by atoms with van der Waals surface area (Å²) in [5.74, 6) is -4.92. The standard InChI is InChI=1S/C9H9F5IN/c1-2-3-4-6(7(15)5-16)8(10,11)9(12,13)14/h2-4H2,1H3/b7-6+. The highest BCUT2D eigenvalue weighted by molar-refractivity contribution is 14.1. The van der Waals surface area contributed by atoms with Crippen molar-refractivity contribution >= 4 is 22.6 Å². The molecular weight excluding hydrogens is 344 g/mol. The van der Waals surface area contributed by atoms with Crippen LogP contribution in [0.4, 0.5) is 22.0 Å². The molecule has 0 aliphatic heterocycles. The summed E-state index contributed by atoms with van der Waals surface area (Å²) in [5, 5.41) is 8.42. The molecule has 7 heteroatoms. The Morgan fingerprint density at radius 2 is 1.75 bits per heavy atom. The number of rotatable bonds is 4. The molecule has 0 amide bonds. The van der Waals surface area contributed by atoms with E-state index in [-0.39, 0.29) is 6.42 Å². The zero-order chi connectivity index (χ0) is 13.0. The van der Waals surface area contributed by atoms with Crippen LogP contribution in [-0.2, 0) is 0 Å². The summed E-state index contributed by atoms with van der Waals surface area (Å²) in [5.41, 5.74) is -1.13. The maximum atomic E-state index is 13.0. The van der Waals surface area contributed by atoms with Crippen LogP contribution in [0.2, 0.25) is 0 Å². The van der Waals surface area contributed by atoms with E-state index in [2.05, 4.69) is 0 Å². The van der Waals surface area contributed by atoms with Crippen molar-refractivity contribution in [1.82, 2.24) is 0 Å². The molecule has 0 aromatic rings. The largest absolute Gasteiger partial charge is 0.457 e. The van der Waals surface area contributed by atoms with Crippen molar-refractivity contribution in [2.45, 2.75) is 38.3 Å². The zero-order valence-electron chi connectivity index (χ0n) is 8.34. The second-order valence-electron chi connectivity index (χ2n) is 3.08. The first-order valence-corrected chi connectivity index (χ1v) is 5.50. The summed E-state index contributed by atoms with van der Waals surface area (Å²) in [6.45, 7) is 1.67. The highest BCUT2D eigenvalue weighted by atomic mass is 127.